The smallest absolute Gasteiger partial charge is 0.302 e. The summed E-state index contributed by atoms with van der Waals surface area (Å²) < 4.78 is 10.5. The van der Waals surface area contributed by atoms with Crippen LogP contribution in [0.15, 0.2) is 30.5 Å². The van der Waals surface area contributed by atoms with E-state index in [0.29, 0.717) is 37.1 Å². The summed E-state index contributed by atoms with van der Waals surface area (Å²) in [6.07, 6.45) is 8.06. The van der Waals surface area contributed by atoms with Gasteiger partial charge in [-0.3, -0.25) is 14.5 Å². The summed E-state index contributed by atoms with van der Waals surface area (Å²) >= 11 is 1.43. The van der Waals surface area contributed by atoms with Crippen LogP contribution in [0, 0.1) is 0 Å². The third-order valence-electron chi connectivity index (χ3n) is 4.08. The van der Waals surface area contributed by atoms with Crippen molar-refractivity contribution in [2.75, 3.05) is 44.4 Å². The fourth-order valence-corrected chi connectivity index (χ4v) is 3.38. The molecule has 0 unspecified atom stereocenters. The molecule has 8 heteroatoms. The predicted octanol–water partition coefficient (Wildman–Crippen LogP) is 2.02. The predicted molar refractivity (Wildman–Crippen MR) is 110 cm³/mol. The van der Waals surface area contributed by atoms with Gasteiger partial charge in [0, 0.05) is 38.0 Å². The van der Waals surface area contributed by atoms with Crippen molar-refractivity contribution >= 4 is 23.6 Å². The molecular weight excluding hydrogens is 378 g/mol. The third-order valence-corrected chi connectivity index (χ3v) is 5.00. The molecular formula is C20H29N3O4S. The lowest BCUT2D eigenvalue weighted by molar-refractivity contribution is -0.140. The Morgan fingerprint density at radius 3 is 2.93 bits per heavy atom. The van der Waals surface area contributed by atoms with Crippen LogP contribution in [0.1, 0.15) is 25.3 Å². The van der Waals surface area contributed by atoms with E-state index < -0.39 is 0 Å². The molecule has 1 saturated heterocycles. The van der Waals surface area contributed by atoms with Crippen molar-refractivity contribution in [1.82, 2.24) is 15.2 Å². The topological polar surface area (TPSA) is 80.8 Å². The number of hydrogen-bond donors (Lipinski definition) is 1. The average molecular weight is 408 g/mol. The van der Waals surface area contributed by atoms with Crippen LogP contribution in [0.3, 0.4) is 0 Å². The van der Waals surface area contributed by atoms with Crippen LogP contribution >= 0.6 is 11.8 Å². The molecule has 1 aromatic heterocycles. The first-order valence-electron chi connectivity index (χ1n) is 9.56. The second-order valence-electron chi connectivity index (χ2n) is 6.46. The minimum Gasteiger partial charge on any atom is -0.473 e. The van der Waals surface area contributed by atoms with Crippen LogP contribution in [-0.2, 0) is 20.9 Å². The zero-order valence-corrected chi connectivity index (χ0v) is 17.2. The molecule has 2 heterocycles. The standard InChI is InChI=1S/C20H29N3O4S/c1-17(24)26-12-13-28-16-19(25)21-7-2-5-11-27-20-14-18(6-8-22-20)15-23-9-3-4-10-23/h2,5-6,8,14H,3-4,7,9-13,15-16H2,1H3,(H,21,25)/b5-2-. The van der Waals surface area contributed by atoms with Crippen LogP contribution in [0.5, 0.6) is 5.88 Å². The van der Waals surface area contributed by atoms with Gasteiger partial charge in [0.15, 0.2) is 0 Å². The van der Waals surface area contributed by atoms with E-state index in [0.717, 1.165) is 19.6 Å². The first-order chi connectivity index (χ1) is 13.6. The molecule has 1 aromatic rings. The Balaban J connectivity index is 1.54. The number of thioether (sulfide) groups is 1. The van der Waals surface area contributed by atoms with Crippen molar-refractivity contribution < 1.29 is 19.1 Å². The maximum atomic E-state index is 11.7. The van der Waals surface area contributed by atoms with Gasteiger partial charge in [-0.05, 0) is 43.6 Å². The Hall–Kier alpha value is -2.06. The molecule has 28 heavy (non-hydrogen) atoms. The first-order valence-corrected chi connectivity index (χ1v) is 10.7. The molecule has 0 spiro atoms. The molecule has 1 amide bonds. The fourth-order valence-electron chi connectivity index (χ4n) is 2.74. The van der Waals surface area contributed by atoms with Gasteiger partial charge in [0.2, 0.25) is 11.8 Å². The van der Waals surface area contributed by atoms with Crippen LogP contribution < -0.4 is 10.1 Å². The van der Waals surface area contributed by atoms with Crippen LogP contribution in [0.25, 0.3) is 0 Å². The van der Waals surface area contributed by atoms with Crippen molar-refractivity contribution in [3.63, 3.8) is 0 Å². The Morgan fingerprint density at radius 2 is 2.14 bits per heavy atom. The highest BCUT2D eigenvalue weighted by Gasteiger charge is 2.12. The van der Waals surface area contributed by atoms with Crippen molar-refractivity contribution in [3.05, 3.63) is 36.0 Å². The molecule has 1 aliphatic heterocycles. The zero-order chi connectivity index (χ0) is 20.0. The SMILES string of the molecule is CC(=O)OCCSCC(=O)NC/C=C\COc1cc(CN2CCCC2)ccn1. The number of likely N-dealkylation sites (tertiary alicyclic amines) is 1. The maximum absolute atomic E-state index is 11.7. The molecule has 0 aromatic carbocycles. The minimum absolute atomic E-state index is 0.0466. The van der Waals surface area contributed by atoms with Crippen LogP contribution in [0.4, 0.5) is 0 Å². The quantitative estimate of drug-likeness (QED) is 0.323. The van der Waals surface area contributed by atoms with Crippen LogP contribution in [-0.4, -0.2) is 66.1 Å². The van der Waals surface area contributed by atoms with E-state index >= 15 is 0 Å². The molecule has 1 aliphatic rings. The number of carbonyl (C=O) groups is 2. The Labute approximate surface area is 170 Å². The number of carbonyl (C=O) groups excluding carboxylic acids is 2. The molecule has 1 N–H and O–H groups in total. The number of rotatable bonds is 12. The van der Waals surface area contributed by atoms with E-state index in [-0.39, 0.29) is 11.9 Å². The van der Waals surface area contributed by atoms with Gasteiger partial charge in [-0.1, -0.05) is 6.08 Å². The molecule has 7 nitrogen and oxygen atoms in total. The second kappa shape index (κ2) is 13.2. The zero-order valence-electron chi connectivity index (χ0n) is 16.4. The molecule has 0 saturated carbocycles. The maximum Gasteiger partial charge on any atom is 0.302 e. The Kier molecular flexibility index (Phi) is 10.5. The second-order valence-corrected chi connectivity index (χ2v) is 7.57. The molecule has 0 atom stereocenters. The lowest BCUT2D eigenvalue weighted by atomic mass is 10.2. The fraction of sp³-hybridized carbons (Fsp3) is 0.550. The van der Waals surface area contributed by atoms with Gasteiger partial charge < -0.3 is 14.8 Å². The van der Waals surface area contributed by atoms with E-state index in [1.165, 1.54) is 37.1 Å². The average Bonchev–Trinajstić information content (AvgIpc) is 3.17. The first kappa shape index (κ1) is 22.2. The molecule has 2 rings (SSSR count). The highest BCUT2D eigenvalue weighted by Crippen LogP contribution is 2.15. The number of aromatic nitrogens is 1. The van der Waals surface area contributed by atoms with E-state index in [1.807, 2.05) is 24.3 Å². The van der Waals surface area contributed by atoms with E-state index in [1.54, 1.807) is 6.20 Å². The Morgan fingerprint density at radius 1 is 1.32 bits per heavy atom. The van der Waals surface area contributed by atoms with Crippen molar-refractivity contribution in [2.45, 2.75) is 26.3 Å². The lowest BCUT2D eigenvalue weighted by Gasteiger charge is -2.14. The summed E-state index contributed by atoms with van der Waals surface area (Å²) in [6.45, 7) is 5.84. The number of esters is 1. The van der Waals surface area contributed by atoms with E-state index in [9.17, 15) is 9.59 Å². The van der Waals surface area contributed by atoms with E-state index in [4.69, 9.17) is 9.47 Å². The molecule has 0 radical (unpaired) electrons. The molecule has 154 valence electrons. The van der Waals surface area contributed by atoms with Gasteiger partial charge in [0.25, 0.3) is 0 Å². The van der Waals surface area contributed by atoms with Gasteiger partial charge in [-0.15, -0.1) is 11.8 Å². The normalized spacial score (nSPS) is 14.3. The highest BCUT2D eigenvalue weighted by atomic mass is 32.2. The number of amides is 1. The van der Waals surface area contributed by atoms with Gasteiger partial charge >= 0.3 is 5.97 Å². The van der Waals surface area contributed by atoms with Crippen molar-refractivity contribution in [2.24, 2.45) is 0 Å². The van der Waals surface area contributed by atoms with Gasteiger partial charge in [0.05, 0.1) is 5.75 Å². The van der Waals surface area contributed by atoms with Gasteiger partial charge in [0.1, 0.15) is 13.2 Å². The molecule has 0 aliphatic carbocycles. The monoisotopic (exact) mass is 407 g/mol. The number of pyridine rings is 1. The van der Waals surface area contributed by atoms with Gasteiger partial charge in [-0.25, -0.2) is 4.98 Å². The number of nitrogens with one attached hydrogen (secondary N) is 1. The Bertz CT molecular complexity index is 648. The van der Waals surface area contributed by atoms with Gasteiger partial charge in [-0.2, -0.15) is 0 Å². The summed E-state index contributed by atoms with van der Waals surface area (Å²) in [5, 5.41) is 2.80. The number of nitrogens with zero attached hydrogens (tertiary/aromatic N) is 2. The lowest BCUT2D eigenvalue weighted by Crippen LogP contribution is -2.25. The van der Waals surface area contributed by atoms with Crippen molar-refractivity contribution in [1.29, 1.82) is 0 Å². The minimum atomic E-state index is -0.300. The summed E-state index contributed by atoms with van der Waals surface area (Å²) in [6, 6.07) is 4.02. The number of ether oxygens (including phenoxy) is 2. The summed E-state index contributed by atoms with van der Waals surface area (Å²) in [5.41, 5.74) is 1.22. The summed E-state index contributed by atoms with van der Waals surface area (Å²) in [7, 11) is 0. The molecule has 1 fully saturated rings. The highest BCUT2D eigenvalue weighted by molar-refractivity contribution is 7.99. The number of hydrogen-bond acceptors (Lipinski definition) is 7. The largest absolute Gasteiger partial charge is 0.473 e. The van der Waals surface area contributed by atoms with Crippen LogP contribution in [0.2, 0.25) is 0 Å². The summed E-state index contributed by atoms with van der Waals surface area (Å²) in [5.74, 6) is 1.23. The molecule has 0 bridgehead atoms. The third kappa shape index (κ3) is 9.75. The van der Waals surface area contributed by atoms with Crippen molar-refractivity contribution in [3.8, 4) is 5.88 Å². The summed E-state index contributed by atoms with van der Waals surface area (Å²) in [4.78, 5) is 28.9. The van der Waals surface area contributed by atoms with E-state index in [2.05, 4.69) is 15.2 Å².